The topological polar surface area (TPSA) is 75.6 Å². The van der Waals surface area contributed by atoms with Gasteiger partial charge in [0.2, 0.25) is 5.91 Å². The fraction of sp³-hybridized carbons (Fsp3) is 0.385. The molecule has 1 aromatic rings. The van der Waals surface area contributed by atoms with Gasteiger partial charge in [-0.3, -0.25) is 9.59 Å². The average Bonchev–Trinajstić information content (AvgIpc) is 2.31. The van der Waals surface area contributed by atoms with Gasteiger partial charge in [-0.25, -0.2) is 0 Å². The fourth-order valence-corrected chi connectivity index (χ4v) is 1.42. The summed E-state index contributed by atoms with van der Waals surface area (Å²) in [6.45, 7) is 4.06. The third-order valence-corrected chi connectivity index (χ3v) is 2.36. The number of aliphatic carboxylic acids is 1. The molecule has 0 spiro atoms. The first-order chi connectivity index (χ1) is 8.52. The lowest BCUT2D eigenvalue weighted by Gasteiger charge is -2.10. The molecule has 2 N–H and O–H groups in total. The normalized spacial score (nSPS) is 11.7. The molecule has 18 heavy (non-hydrogen) atoms. The van der Waals surface area contributed by atoms with Gasteiger partial charge in [0.05, 0.1) is 13.0 Å². The molecule has 0 saturated carbocycles. The zero-order valence-electron chi connectivity index (χ0n) is 10.5. The molecule has 5 nitrogen and oxygen atoms in total. The first kappa shape index (κ1) is 14.0. The minimum absolute atomic E-state index is 0.178. The standard InChI is InChI=1S/C13H17NO4/c1-3-18-11-6-4-10(5-7-11)14-13(17)9(2)8-12(15)16/h4-7,9H,3,8H2,1-2H3,(H,14,17)(H,15,16). The second-order valence-electron chi connectivity index (χ2n) is 3.95. The van der Waals surface area contributed by atoms with Gasteiger partial charge in [-0.15, -0.1) is 0 Å². The predicted molar refractivity (Wildman–Crippen MR) is 67.7 cm³/mol. The summed E-state index contributed by atoms with van der Waals surface area (Å²) in [5, 5.41) is 11.3. The lowest BCUT2D eigenvalue weighted by molar-refractivity contribution is -0.139. The van der Waals surface area contributed by atoms with Gasteiger partial charge in [0.25, 0.3) is 0 Å². The smallest absolute Gasteiger partial charge is 0.304 e. The Bertz CT molecular complexity index is 414. The number of benzene rings is 1. The second kappa shape index (κ2) is 6.64. The molecule has 1 amide bonds. The molecule has 0 fully saturated rings. The van der Waals surface area contributed by atoms with Crippen molar-refractivity contribution in [2.45, 2.75) is 20.3 Å². The van der Waals surface area contributed by atoms with E-state index < -0.39 is 11.9 Å². The van der Waals surface area contributed by atoms with E-state index in [-0.39, 0.29) is 12.3 Å². The van der Waals surface area contributed by atoms with Crippen LogP contribution in [0.1, 0.15) is 20.3 Å². The lowest BCUT2D eigenvalue weighted by atomic mass is 10.1. The van der Waals surface area contributed by atoms with Gasteiger partial charge < -0.3 is 15.2 Å². The van der Waals surface area contributed by atoms with E-state index in [1.807, 2.05) is 6.92 Å². The highest BCUT2D eigenvalue weighted by Crippen LogP contribution is 2.16. The number of carboxylic acids is 1. The van der Waals surface area contributed by atoms with E-state index in [0.29, 0.717) is 12.3 Å². The fourth-order valence-electron chi connectivity index (χ4n) is 1.42. The number of rotatable bonds is 6. The quantitative estimate of drug-likeness (QED) is 0.812. The maximum Gasteiger partial charge on any atom is 0.304 e. The van der Waals surface area contributed by atoms with Crippen LogP contribution in [0.4, 0.5) is 5.69 Å². The number of hydrogen-bond donors (Lipinski definition) is 2. The molecule has 0 bridgehead atoms. The number of anilines is 1. The molecule has 1 unspecified atom stereocenters. The summed E-state index contributed by atoms with van der Waals surface area (Å²) >= 11 is 0. The zero-order valence-corrected chi connectivity index (χ0v) is 10.5. The molecule has 5 heteroatoms. The molecule has 0 aliphatic rings. The van der Waals surface area contributed by atoms with Crippen molar-refractivity contribution in [2.24, 2.45) is 5.92 Å². The van der Waals surface area contributed by atoms with Crippen molar-refractivity contribution in [3.05, 3.63) is 24.3 Å². The van der Waals surface area contributed by atoms with Gasteiger partial charge in [-0.2, -0.15) is 0 Å². The summed E-state index contributed by atoms with van der Waals surface area (Å²) < 4.78 is 5.28. The average molecular weight is 251 g/mol. The molecular formula is C13H17NO4. The van der Waals surface area contributed by atoms with Crippen LogP contribution in [-0.2, 0) is 9.59 Å². The summed E-state index contributed by atoms with van der Waals surface area (Å²) in [6, 6.07) is 6.94. The maximum absolute atomic E-state index is 11.7. The summed E-state index contributed by atoms with van der Waals surface area (Å²) in [6.07, 6.45) is -0.178. The van der Waals surface area contributed by atoms with Crippen molar-refractivity contribution in [3.63, 3.8) is 0 Å². The Kier molecular flexibility index (Phi) is 5.17. The van der Waals surface area contributed by atoms with Gasteiger partial charge in [-0.05, 0) is 31.2 Å². The van der Waals surface area contributed by atoms with E-state index in [4.69, 9.17) is 9.84 Å². The number of amides is 1. The van der Waals surface area contributed by atoms with Crippen LogP contribution in [0.25, 0.3) is 0 Å². The zero-order chi connectivity index (χ0) is 13.5. The first-order valence-electron chi connectivity index (χ1n) is 5.78. The van der Waals surface area contributed by atoms with Crippen molar-refractivity contribution in [2.75, 3.05) is 11.9 Å². The molecule has 0 radical (unpaired) electrons. The van der Waals surface area contributed by atoms with Crippen LogP contribution in [0, 0.1) is 5.92 Å². The molecule has 0 aromatic heterocycles. The van der Waals surface area contributed by atoms with Crippen LogP contribution in [0.5, 0.6) is 5.75 Å². The molecule has 98 valence electrons. The van der Waals surface area contributed by atoms with Gasteiger partial charge in [0, 0.05) is 11.6 Å². The molecular weight excluding hydrogens is 234 g/mol. The van der Waals surface area contributed by atoms with Gasteiger partial charge in [0.1, 0.15) is 5.75 Å². The van der Waals surface area contributed by atoms with E-state index in [2.05, 4.69) is 5.32 Å². The Balaban J connectivity index is 2.56. The largest absolute Gasteiger partial charge is 0.494 e. The van der Waals surface area contributed by atoms with Crippen molar-refractivity contribution in [1.29, 1.82) is 0 Å². The molecule has 0 aliphatic heterocycles. The summed E-state index contributed by atoms with van der Waals surface area (Å²) in [5.41, 5.74) is 0.626. The van der Waals surface area contributed by atoms with Crippen LogP contribution < -0.4 is 10.1 Å². The van der Waals surface area contributed by atoms with E-state index in [1.54, 1.807) is 31.2 Å². The Labute approximate surface area is 106 Å². The first-order valence-corrected chi connectivity index (χ1v) is 5.78. The van der Waals surface area contributed by atoms with Crippen molar-refractivity contribution >= 4 is 17.6 Å². The number of hydrogen-bond acceptors (Lipinski definition) is 3. The summed E-state index contributed by atoms with van der Waals surface area (Å²) in [7, 11) is 0. The van der Waals surface area contributed by atoms with E-state index in [1.165, 1.54) is 0 Å². The Hall–Kier alpha value is -2.04. The third kappa shape index (κ3) is 4.45. The second-order valence-corrected chi connectivity index (χ2v) is 3.95. The van der Waals surface area contributed by atoms with Crippen LogP contribution in [-0.4, -0.2) is 23.6 Å². The number of carbonyl (C=O) groups is 2. The van der Waals surface area contributed by atoms with Gasteiger partial charge in [0.15, 0.2) is 0 Å². The van der Waals surface area contributed by atoms with Gasteiger partial charge >= 0.3 is 5.97 Å². The van der Waals surface area contributed by atoms with E-state index >= 15 is 0 Å². The molecule has 0 saturated heterocycles. The Morgan fingerprint density at radius 2 is 1.94 bits per heavy atom. The van der Waals surface area contributed by atoms with Crippen molar-refractivity contribution < 1.29 is 19.4 Å². The summed E-state index contributed by atoms with van der Waals surface area (Å²) in [5.74, 6) is -1.12. The number of ether oxygens (including phenoxy) is 1. The maximum atomic E-state index is 11.7. The minimum atomic E-state index is -0.982. The highest BCUT2D eigenvalue weighted by Gasteiger charge is 2.16. The lowest BCUT2D eigenvalue weighted by Crippen LogP contribution is -2.22. The molecule has 1 aromatic carbocycles. The minimum Gasteiger partial charge on any atom is -0.494 e. The molecule has 1 rings (SSSR count). The van der Waals surface area contributed by atoms with Crippen LogP contribution in [0.2, 0.25) is 0 Å². The molecule has 0 heterocycles. The van der Waals surface area contributed by atoms with Gasteiger partial charge in [-0.1, -0.05) is 6.92 Å². The third-order valence-electron chi connectivity index (χ3n) is 2.36. The van der Waals surface area contributed by atoms with Crippen molar-refractivity contribution in [3.8, 4) is 5.75 Å². The van der Waals surface area contributed by atoms with E-state index in [0.717, 1.165) is 5.75 Å². The summed E-state index contributed by atoms with van der Waals surface area (Å²) in [4.78, 5) is 22.1. The number of carbonyl (C=O) groups excluding carboxylic acids is 1. The van der Waals surface area contributed by atoms with E-state index in [9.17, 15) is 9.59 Å². The highest BCUT2D eigenvalue weighted by atomic mass is 16.5. The molecule has 1 atom stereocenters. The van der Waals surface area contributed by atoms with Crippen LogP contribution >= 0.6 is 0 Å². The monoisotopic (exact) mass is 251 g/mol. The number of carboxylic acid groups (broad SMARTS) is 1. The molecule has 0 aliphatic carbocycles. The highest BCUT2D eigenvalue weighted by molar-refractivity contribution is 5.94. The van der Waals surface area contributed by atoms with Crippen molar-refractivity contribution in [1.82, 2.24) is 0 Å². The SMILES string of the molecule is CCOc1ccc(NC(=O)C(C)CC(=O)O)cc1. The Morgan fingerprint density at radius 3 is 2.44 bits per heavy atom. The predicted octanol–water partition coefficient (Wildman–Crippen LogP) is 2.13. The number of nitrogens with one attached hydrogen (secondary N) is 1. The van der Waals surface area contributed by atoms with Crippen LogP contribution in [0.15, 0.2) is 24.3 Å². The van der Waals surface area contributed by atoms with Crippen LogP contribution in [0.3, 0.4) is 0 Å². The Morgan fingerprint density at radius 1 is 1.33 bits per heavy atom.